The molecule has 0 amide bonds. The van der Waals surface area contributed by atoms with E-state index < -0.39 is 23.7 Å². The number of ether oxygens (including phenoxy) is 2. The Labute approximate surface area is 143 Å². The first-order valence-electron chi connectivity index (χ1n) is 7.18. The summed E-state index contributed by atoms with van der Waals surface area (Å²) >= 11 is 0. The van der Waals surface area contributed by atoms with E-state index >= 15 is 0 Å². The Morgan fingerprint density at radius 3 is 2.31 bits per heavy atom. The van der Waals surface area contributed by atoms with Crippen LogP contribution in [0.5, 0.6) is 11.5 Å². The Kier molecular flexibility index (Phi) is 4.74. The average molecular weight is 362 g/mol. The lowest BCUT2D eigenvalue weighted by Gasteiger charge is -2.05. The van der Waals surface area contributed by atoms with Crippen LogP contribution in [0.4, 0.5) is 13.2 Å². The van der Waals surface area contributed by atoms with E-state index in [2.05, 4.69) is 4.74 Å². The highest BCUT2D eigenvalue weighted by Crippen LogP contribution is 2.20. The summed E-state index contributed by atoms with van der Waals surface area (Å²) in [7, 11) is 0. The summed E-state index contributed by atoms with van der Waals surface area (Å²) in [4.78, 5) is 24.0. The fourth-order valence-corrected chi connectivity index (χ4v) is 2.07. The smallest absolute Gasteiger partial charge is 0.379 e. The Morgan fingerprint density at radius 1 is 0.923 bits per heavy atom. The monoisotopic (exact) mass is 362 g/mol. The molecule has 3 aromatic rings. The second-order valence-electron chi connectivity index (χ2n) is 4.99. The SMILES string of the molecule is O=C(Oc1cc2ccccc2oc1=O)c1ccc(OC(F)=C(F)F)cc1. The highest BCUT2D eigenvalue weighted by atomic mass is 19.3. The highest BCUT2D eigenvalue weighted by Gasteiger charge is 2.14. The third-order valence-corrected chi connectivity index (χ3v) is 3.26. The van der Waals surface area contributed by atoms with Crippen LogP contribution in [0.1, 0.15) is 10.4 Å². The molecular weight excluding hydrogens is 353 g/mol. The molecule has 0 fully saturated rings. The van der Waals surface area contributed by atoms with Crippen LogP contribution in [0.15, 0.2) is 75.9 Å². The number of carbonyl (C=O) groups is 1. The zero-order valence-electron chi connectivity index (χ0n) is 12.9. The van der Waals surface area contributed by atoms with Gasteiger partial charge < -0.3 is 13.9 Å². The lowest BCUT2D eigenvalue weighted by molar-refractivity contribution is 0.0729. The highest BCUT2D eigenvalue weighted by molar-refractivity contribution is 5.91. The minimum Gasteiger partial charge on any atom is -0.428 e. The molecule has 8 heteroatoms. The minimum atomic E-state index is -2.60. The topological polar surface area (TPSA) is 65.7 Å². The van der Waals surface area contributed by atoms with Gasteiger partial charge in [0, 0.05) is 5.39 Å². The molecule has 0 aliphatic carbocycles. The van der Waals surface area contributed by atoms with E-state index in [4.69, 9.17) is 9.15 Å². The maximum absolute atomic E-state index is 12.7. The summed E-state index contributed by atoms with van der Waals surface area (Å²) in [6.45, 7) is 0. The fourth-order valence-electron chi connectivity index (χ4n) is 2.07. The molecule has 5 nitrogen and oxygen atoms in total. The lowest BCUT2D eigenvalue weighted by Crippen LogP contribution is -2.14. The first kappa shape index (κ1) is 17.3. The van der Waals surface area contributed by atoms with Crippen molar-refractivity contribution in [2.24, 2.45) is 0 Å². The number of fused-ring (bicyclic) bond motifs is 1. The van der Waals surface area contributed by atoms with Crippen LogP contribution in [0.3, 0.4) is 0 Å². The molecule has 0 atom stereocenters. The number of benzene rings is 2. The molecule has 0 N–H and O–H groups in total. The molecule has 0 saturated carbocycles. The number of esters is 1. The molecule has 132 valence electrons. The molecule has 1 heterocycles. The molecule has 1 aromatic heterocycles. The predicted octanol–water partition coefficient (Wildman–Crippen LogP) is 4.43. The van der Waals surface area contributed by atoms with Crippen molar-refractivity contribution < 1.29 is 31.9 Å². The van der Waals surface area contributed by atoms with Crippen LogP contribution in [0.2, 0.25) is 0 Å². The van der Waals surface area contributed by atoms with Gasteiger partial charge in [-0.1, -0.05) is 18.2 Å². The quantitative estimate of drug-likeness (QED) is 0.390. The number of para-hydroxylation sites is 1. The molecule has 0 bridgehead atoms. The number of hydrogen-bond donors (Lipinski definition) is 0. The van der Waals surface area contributed by atoms with Crippen LogP contribution >= 0.6 is 0 Å². The second kappa shape index (κ2) is 7.14. The van der Waals surface area contributed by atoms with Crippen LogP contribution in [-0.4, -0.2) is 5.97 Å². The van der Waals surface area contributed by atoms with Gasteiger partial charge >= 0.3 is 23.7 Å². The Morgan fingerprint density at radius 2 is 1.62 bits per heavy atom. The van der Waals surface area contributed by atoms with Gasteiger partial charge in [-0.2, -0.15) is 13.2 Å². The van der Waals surface area contributed by atoms with Crippen molar-refractivity contribution in [2.75, 3.05) is 0 Å². The van der Waals surface area contributed by atoms with E-state index in [1.165, 1.54) is 18.2 Å². The first-order chi connectivity index (χ1) is 12.4. The number of carbonyl (C=O) groups excluding carboxylic acids is 1. The van der Waals surface area contributed by atoms with E-state index in [0.29, 0.717) is 11.0 Å². The summed E-state index contributed by atoms with van der Waals surface area (Å²) in [6.07, 6.45) is -2.60. The second-order valence-corrected chi connectivity index (χ2v) is 4.99. The molecule has 0 spiro atoms. The number of rotatable bonds is 4. The largest absolute Gasteiger partial charge is 0.428 e. The number of hydrogen-bond acceptors (Lipinski definition) is 5. The van der Waals surface area contributed by atoms with E-state index in [0.717, 1.165) is 12.1 Å². The van der Waals surface area contributed by atoms with Crippen molar-refractivity contribution in [2.45, 2.75) is 0 Å². The predicted molar refractivity (Wildman–Crippen MR) is 84.9 cm³/mol. The maximum Gasteiger partial charge on any atom is 0.379 e. The van der Waals surface area contributed by atoms with Gasteiger partial charge in [0.25, 0.3) is 0 Å². The van der Waals surface area contributed by atoms with Crippen LogP contribution < -0.4 is 15.1 Å². The third kappa shape index (κ3) is 3.75. The van der Waals surface area contributed by atoms with Gasteiger partial charge in [-0.15, -0.1) is 0 Å². The molecule has 0 unspecified atom stereocenters. The van der Waals surface area contributed by atoms with Crippen molar-refractivity contribution in [3.05, 3.63) is 82.7 Å². The molecule has 0 aliphatic heterocycles. The maximum atomic E-state index is 12.7. The fraction of sp³-hybridized carbons (Fsp3) is 0. The average Bonchev–Trinajstić information content (AvgIpc) is 2.62. The summed E-state index contributed by atoms with van der Waals surface area (Å²) in [5.74, 6) is -1.42. The molecular formula is C18H9F3O5. The first-order valence-corrected chi connectivity index (χ1v) is 7.18. The van der Waals surface area contributed by atoms with E-state index in [-0.39, 0.29) is 17.1 Å². The van der Waals surface area contributed by atoms with E-state index in [1.807, 2.05) is 0 Å². The summed E-state index contributed by atoms with van der Waals surface area (Å²) in [5.41, 5.74) is -0.494. The Bertz CT molecular complexity index is 1050. The summed E-state index contributed by atoms with van der Waals surface area (Å²) in [6, 6.07) is 10.5. The van der Waals surface area contributed by atoms with E-state index in [1.54, 1.807) is 24.3 Å². The Hall–Kier alpha value is -3.55. The zero-order valence-corrected chi connectivity index (χ0v) is 12.9. The summed E-state index contributed by atoms with van der Waals surface area (Å²) in [5, 5.41) is 0.564. The van der Waals surface area contributed by atoms with Gasteiger partial charge in [0.05, 0.1) is 5.56 Å². The van der Waals surface area contributed by atoms with Crippen molar-refractivity contribution in [3.63, 3.8) is 0 Å². The molecule has 3 rings (SSSR count). The van der Waals surface area contributed by atoms with Crippen LogP contribution in [-0.2, 0) is 0 Å². The summed E-state index contributed by atoms with van der Waals surface area (Å²) < 4.78 is 51.0. The standard InChI is InChI=1S/C18H9F3O5/c19-15(20)16(21)24-12-7-5-10(6-8-12)17(22)26-14-9-11-3-1-2-4-13(11)25-18(14)23/h1-9H. The molecule has 2 aromatic carbocycles. The van der Waals surface area contributed by atoms with Gasteiger partial charge in [0.2, 0.25) is 5.75 Å². The molecule has 0 radical (unpaired) electrons. The molecule has 0 aliphatic rings. The van der Waals surface area contributed by atoms with Gasteiger partial charge in [-0.25, -0.2) is 9.59 Å². The number of halogens is 3. The van der Waals surface area contributed by atoms with Gasteiger partial charge in [-0.3, -0.25) is 0 Å². The minimum absolute atomic E-state index is 0.00461. The van der Waals surface area contributed by atoms with Gasteiger partial charge in [0.1, 0.15) is 11.3 Å². The molecule has 26 heavy (non-hydrogen) atoms. The van der Waals surface area contributed by atoms with Crippen LogP contribution in [0, 0.1) is 0 Å². The van der Waals surface area contributed by atoms with Crippen molar-refractivity contribution >= 4 is 16.9 Å². The normalized spacial score (nSPS) is 10.4. The van der Waals surface area contributed by atoms with Crippen molar-refractivity contribution in [1.82, 2.24) is 0 Å². The Balaban J connectivity index is 1.79. The van der Waals surface area contributed by atoms with Crippen LogP contribution in [0.25, 0.3) is 11.0 Å². The van der Waals surface area contributed by atoms with Crippen molar-refractivity contribution in [3.8, 4) is 11.5 Å². The van der Waals surface area contributed by atoms with E-state index in [9.17, 15) is 22.8 Å². The van der Waals surface area contributed by atoms with Crippen molar-refractivity contribution in [1.29, 1.82) is 0 Å². The zero-order chi connectivity index (χ0) is 18.7. The molecule has 0 saturated heterocycles. The van der Waals surface area contributed by atoms with Gasteiger partial charge in [-0.05, 0) is 36.4 Å². The van der Waals surface area contributed by atoms with Gasteiger partial charge in [0.15, 0.2) is 0 Å². The third-order valence-electron chi connectivity index (χ3n) is 3.26. The lowest BCUT2D eigenvalue weighted by atomic mass is 10.2.